The predicted octanol–water partition coefficient (Wildman–Crippen LogP) is 3.53. The molecular weight excluding hydrogens is 230 g/mol. The fraction of sp³-hybridized carbons (Fsp3) is 0.444. The quantitative estimate of drug-likeness (QED) is 0.682. The number of hydrogen-bond donors (Lipinski definition) is 0. The third kappa shape index (κ3) is 1.51. The van der Waals surface area contributed by atoms with Crippen LogP contribution in [0.4, 0.5) is 0 Å². The minimum atomic E-state index is 0.592. The summed E-state index contributed by atoms with van der Waals surface area (Å²) in [4.78, 5) is 2.63. The molecule has 5 rings (SSSR count). The van der Waals surface area contributed by atoms with Crippen LogP contribution < -0.4 is 0 Å². The number of fused-ring (bicyclic) bond motifs is 1. The number of likely N-dealkylation sites (N-methyl/N-ethyl adjacent to an activating group) is 1. The third-order valence-corrected chi connectivity index (χ3v) is 5.53. The van der Waals surface area contributed by atoms with Crippen LogP contribution >= 0.6 is 0 Å². The van der Waals surface area contributed by atoms with Gasteiger partial charge in [-0.15, -0.1) is 0 Å². The lowest BCUT2D eigenvalue weighted by atomic mass is 9.71. The normalized spacial score (nSPS) is 36.4. The number of allylic oxidation sites excluding steroid dienone is 3. The van der Waals surface area contributed by atoms with Crippen molar-refractivity contribution in [2.75, 3.05) is 7.05 Å². The largest absolute Gasteiger partial charge is 0.299 e. The smallest absolute Gasteiger partial charge is 0.0211 e. The highest BCUT2D eigenvalue weighted by molar-refractivity contribution is 5.46. The number of benzene rings is 1. The van der Waals surface area contributed by atoms with Gasteiger partial charge in [-0.3, -0.25) is 4.90 Å². The second kappa shape index (κ2) is 4.08. The summed E-state index contributed by atoms with van der Waals surface area (Å²) in [7, 11) is 2.32. The summed E-state index contributed by atoms with van der Waals surface area (Å²) >= 11 is 0. The van der Waals surface area contributed by atoms with E-state index in [4.69, 9.17) is 0 Å². The van der Waals surface area contributed by atoms with Gasteiger partial charge in [0, 0.05) is 23.9 Å². The molecule has 19 heavy (non-hydrogen) atoms. The Kier molecular flexibility index (Phi) is 2.46. The first-order valence-electron chi connectivity index (χ1n) is 7.43. The van der Waals surface area contributed by atoms with Crippen LogP contribution in [0.3, 0.4) is 0 Å². The van der Waals surface area contributed by atoms with Crippen molar-refractivity contribution in [2.45, 2.75) is 37.8 Å². The average molecular weight is 251 g/mol. The summed E-state index contributed by atoms with van der Waals surface area (Å²) < 4.78 is 0. The topological polar surface area (TPSA) is 3.24 Å². The van der Waals surface area contributed by atoms with Crippen molar-refractivity contribution < 1.29 is 0 Å². The summed E-state index contributed by atoms with van der Waals surface area (Å²) in [5.74, 6) is 1.32. The molecule has 1 heteroatoms. The fourth-order valence-electron chi connectivity index (χ4n) is 4.45. The SMILES string of the molecule is C[C@@H]1[C@@H]2C3=CC=CC[C@H]3[C@H](Cc3ccccc32)N1C. The fourth-order valence-corrected chi connectivity index (χ4v) is 4.45. The first-order valence-corrected chi connectivity index (χ1v) is 7.43. The molecule has 0 aromatic heterocycles. The molecule has 0 N–H and O–H groups in total. The monoisotopic (exact) mass is 251 g/mol. The van der Waals surface area contributed by atoms with Crippen LogP contribution in [-0.4, -0.2) is 24.0 Å². The summed E-state index contributed by atoms with van der Waals surface area (Å²) in [6.45, 7) is 2.40. The number of hydrogen-bond acceptors (Lipinski definition) is 1. The second-order valence-corrected chi connectivity index (χ2v) is 6.29. The highest BCUT2D eigenvalue weighted by Crippen LogP contribution is 2.49. The maximum Gasteiger partial charge on any atom is 0.0211 e. The minimum absolute atomic E-state index is 0.592. The first kappa shape index (κ1) is 11.5. The van der Waals surface area contributed by atoms with Crippen LogP contribution in [0, 0.1) is 5.92 Å². The zero-order valence-electron chi connectivity index (χ0n) is 11.7. The summed E-state index contributed by atoms with van der Waals surface area (Å²) in [5, 5.41) is 0. The van der Waals surface area contributed by atoms with Crippen LogP contribution in [-0.2, 0) is 6.42 Å². The molecule has 4 aliphatic rings. The maximum absolute atomic E-state index is 2.63. The summed E-state index contributed by atoms with van der Waals surface area (Å²) in [6, 6.07) is 10.4. The molecule has 98 valence electrons. The molecule has 0 saturated carbocycles. The molecule has 2 aliphatic heterocycles. The second-order valence-electron chi connectivity index (χ2n) is 6.29. The van der Waals surface area contributed by atoms with Gasteiger partial charge in [-0.1, -0.05) is 48.1 Å². The lowest BCUT2D eigenvalue weighted by molar-refractivity contribution is 0.103. The lowest BCUT2D eigenvalue weighted by Crippen LogP contribution is -2.51. The Bertz CT molecular complexity index is 569. The van der Waals surface area contributed by atoms with Crippen LogP contribution in [0.25, 0.3) is 0 Å². The average Bonchev–Trinajstić information content (AvgIpc) is 2.65. The van der Waals surface area contributed by atoms with Crippen molar-refractivity contribution in [2.24, 2.45) is 5.92 Å². The third-order valence-electron chi connectivity index (χ3n) is 5.53. The van der Waals surface area contributed by atoms with Crippen molar-refractivity contribution in [3.63, 3.8) is 0 Å². The molecule has 1 fully saturated rings. The Morgan fingerprint density at radius 3 is 2.95 bits per heavy atom. The van der Waals surface area contributed by atoms with Gasteiger partial charge in [0.1, 0.15) is 0 Å². The van der Waals surface area contributed by atoms with Crippen molar-refractivity contribution in [3.05, 3.63) is 59.2 Å². The van der Waals surface area contributed by atoms with E-state index in [-0.39, 0.29) is 0 Å². The van der Waals surface area contributed by atoms with E-state index in [9.17, 15) is 0 Å². The molecule has 0 spiro atoms. The van der Waals surface area contributed by atoms with Gasteiger partial charge in [0.05, 0.1) is 0 Å². The van der Waals surface area contributed by atoms with Gasteiger partial charge in [0.2, 0.25) is 0 Å². The van der Waals surface area contributed by atoms with Crippen molar-refractivity contribution in [3.8, 4) is 0 Å². The molecule has 1 aromatic carbocycles. The van der Waals surface area contributed by atoms with Gasteiger partial charge >= 0.3 is 0 Å². The summed E-state index contributed by atoms with van der Waals surface area (Å²) in [5.41, 5.74) is 4.83. The minimum Gasteiger partial charge on any atom is -0.299 e. The van der Waals surface area contributed by atoms with E-state index in [0.717, 1.165) is 5.92 Å². The molecule has 0 unspecified atom stereocenters. The molecule has 2 aliphatic carbocycles. The van der Waals surface area contributed by atoms with E-state index in [1.807, 2.05) is 0 Å². The highest BCUT2D eigenvalue weighted by atomic mass is 15.2. The van der Waals surface area contributed by atoms with Crippen LogP contribution in [0.15, 0.2) is 48.1 Å². The number of rotatable bonds is 0. The highest BCUT2D eigenvalue weighted by Gasteiger charge is 2.46. The molecular formula is C18H21N. The van der Waals surface area contributed by atoms with Gasteiger partial charge in [-0.2, -0.15) is 0 Å². The molecule has 1 aromatic rings. The molecule has 1 saturated heterocycles. The molecule has 2 bridgehead atoms. The van der Waals surface area contributed by atoms with Crippen LogP contribution in [0.5, 0.6) is 0 Å². The Balaban J connectivity index is 1.95. The Morgan fingerprint density at radius 2 is 2.05 bits per heavy atom. The van der Waals surface area contributed by atoms with E-state index in [2.05, 4.69) is 61.4 Å². The maximum atomic E-state index is 2.63. The van der Waals surface area contributed by atoms with Gasteiger partial charge in [-0.25, -0.2) is 0 Å². The van der Waals surface area contributed by atoms with Gasteiger partial charge in [0.15, 0.2) is 0 Å². The Labute approximate surface area is 115 Å². The predicted molar refractivity (Wildman–Crippen MR) is 79.2 cm³/mol. The van der Waals surface area contributed by atoms with Crippen LogP contribution in [0.2, 0.25) is 0 Å². The Hall–Kier alpha value is -1.34. The first-order chi connectivity index (χ1) is 9.27. The molecule has 0 radical (unpaired) electrons. The molecule has 4 atom stereocenters. The number of nitrogens with zero attached hydrogens (tertiary/aromatic N) is 1. The van der Waals surface area contributed by atoms with Crippen LogP contribution in [0.1, 0.15) is 30.4 Å². The zero-order valence-corrected chi connectivity index (χ0v) is 11.7. The van der Waals surface area contributed by atoms with E-state index in [1.54, 1.807) is 16.7 Å². The van der Waals surface area contributed by atoms with Crippen molar-refractivity contribution in [1.29, 1.82) is 0 Å². The lowest BCUT2D eigenvalue weighted by Gasteiger charge is -2.47. The van der Waals surface area contributed by atoms with Crippen molar-refractivity contribution >= 4 is 0 Å². The molecule has 1 nitrogen and oxygen atoms in total. The van der Waals surface area contributed by atoms with Gasteiger partial charge < -0.3 is 0 Å². The van der Waals surface area contributed by atoms with E-state index in [0.29, 0.717) is 18.0 Å². The Morgan fingerprint density at radius 1 is 1.21 bits per heavy atom. The van der Waals surface area contributed by atoms with E-state index >= 15 is 0 Å². The molecule has 2 heterocycles. The van der Waals surface area contributed by atoms with E-state index in [1.165, 1.54) is 12.8 Å². The number of piperidine rings is 1. The zero-order chi connectivity index (χ0) is 13.0. The summed E-state index contributed by atoms with van der Waals surface area (Å²) in [6.07, 6.45) is 9.44. The van der Waals surface area contributed by atoms with Gasteiger partial charge in [-0.05, 0) is 37.9 Å². The van der Waals surface area contributed by atoms with Gasteiger partial charge in [0.25, 0.3) is 0 Å². The molecule has 0 amide bonds. The van der Waals surface area contributed by atoms with E-state index < -0.39 is 0 Å². The standard InChI is InChI=1S/C18H21N/c1-12-18-14-8-4-3-7-13(14)11-17(19(12)2)15-9-5-6-10-16(15)18/h3-8,10,12,15,17-18H,9,11H2,1-2H3/t12-,15-,17+,18+/m1/s1. The van der Waals surface area contributed by atoms with Crippen molar-refractivity contribution in [1.82, 2.24) is 4.90 Å².